The minimum absolute atomic E-state index is 0.142. The molecule has 1 fully saturated rings. The number of hydrogen-bond donors (Lipinski definition) is 0. The molecule has 0 aromatic heterocycles. The predicted octanol–water partition coefficient (Wildman–Crippen LogP) is 3.77. The minimum Gasteiger partial charge on any atom is -0.469 e. The number of rotatable bonds is 6. The summed E-state index contributed by atoms with van der Waals surface area (Å²) in [5, 5.41) is 0. The van der Waals surface area contributed by atoms with Crippen LogP contribution in [0, 0.1) is 3.57 Å². The number of benzene rings is 2. The van der Waals surface area contributed by atoms with Gasteiger partial charge in [0.05, 0.1) is 13.5 Å². The molecule has 0 unspecified atom stereocenters. The van der Waals surface area contributed by atoms with Crippen molar-refractivity contribution >= 4 is 34.2 Å². The molecule has 5 nitrogen and oxygen atoms in total. The van der Waals surface area contributed by atoms with Crippen LogP contribution in [0.15, 0.2) is 48.5 Å². The highest BCUT2D eigenvalue weighted by atomic mass is 127. The van der Waals surface area contributed by atoms with E-state index in [0.717, 1.165) is 44.2 Å². The van der Waals surface area contributed by atoms with E-state index in [1.54, 1.807) is 0 Å². The highest BCUT2D eigenvalue weighted by molar-refractivity contribution is 14.1. The number of carbonyl (C=O) groups is 1. The monoisotopic (exact) mass is 466 g/mol. The Morgan fingerprint density at radius 2 is 1.54 bits per heavy atom. The number of piperazine rings is 1. The summed E-state index contributed by atoms with van der Waals surface area (Å²) in [6.07, 6.45) is 0.459. The number of carbonyl (C=O) groups excluding carboxylic acids is 1. The fourth-order valence-electron chi connectivity index (χ4n) is 2.94. The van der Waals surface area contributed by atoms with E-state index in [-0.39, 0.29) is 5.97 Å². The normalized spacial score (nSPS) is 14.9. The highest BCUT2D eigenvalue weighted by Gasteiger charge is 2.18. The van der Waals surface area contributed by atoms with Crippen LogP contribution in [-0.2, 0) is 9.53 Å². The van der Waals surface area contributed by atoms with Gasteiger partial charge in [0.2, 0.25) is 0 Å². The number of esters is 1. The smallest absolute Gasteiger partial charge is 0.306 e. The molecule has 2 aromatic rings. The maximum atomic E-state index is 11.2. The second-order valence-electron chi connectivity index (χ2n) is 6.20. The average Bonchev–Trinajstić information content (AvgIpc) is 2.69. The number of nitrogens with zero attached hydrogens (tertiary/aromatic N) is 2. The predicted molar refractivity (Wildman–Crippen MR) is 111 cm³/mol. The van der Waals surface area contributed by atoms with Crippen molar-refractivity contribution in [3.8, 4) is 11.5 Å². The Labute approximate surface area is 168 Å². The second kappa shape index (κ2) is 9.23. The molecule has 0 aliphatic carbocycles. The van der Waals surface area contributed by atoms with Gasteiger partial charge in [-0.3, -0.25) is 9.69 Å². The Bertz CT molecular complexity index is 711. The van der Waals surface area contributed by atoms with E-state index in [9.17, 15) is 4.79 Å². The van der Waals surface area contributed by atoms with Crippen LogP contribution in [0.3, 0.4) is 0 Å². The van der Waals surface area contributed by atoms with Crippen molar-refractivity contribution in [1.29, 1.82) is 0 Å². The summed E-state index contributed by atoms with van der Waals surface area (Å²) >= 11 is 2.28. The lowest BCUT2D eigenvalue weighted by molar-refractivity contribution is -0.141. The molecule has 1 heterocycles. The molecule has 2 aromatic carbocycles. The van der Waals surface area contributed by atoms with Gasteiger partial charge in [0.1, 0.15) is 11.5 Å². The van der Waals surface area contributed by atoms with Crippen LogP contribution < -0.4 is 9.64 Å². The molecular formula is C20H23IN2O3. The molecule has 138 valence electrons. The van der Waals surface area contributed by atoms with E-state index in [2.05, 4.69) is 44.5 Å². The third-order valence-electron chi connectivity index (χ3n) is 4.48. The molecule has 0 spiro atoms. The topological polar surface area (TPSA) is 42.0 Å². The molecule has 0 atom stereocenters. The fourth-order valence-corrected chi connectivity index (χ4v) is 3.30. The zero-order chi connectivity index (χ0) is 18.4. The van der Waals surface area contributed by atoms with Gasteiger partial charge >= 0.3 is 5.97 Å². The van der Waals surface area contributed by atoms with E-state index in [4.69, 9.17) is 9.47 Å². The van der Waals surface area contributed by atoms with Crippen LogP contribution in [0.25, 0.3) is 0 Å². The Morgan fingerprint density at radius 1 is 0.962 bits per heavy atom. The largest absolute Gasteiger partial charge is 0.469 e. The minimum atomic E-state index is -0.142. The Kier molecular flexibility index (Phi) is 6.73. The summed E-state index contributed by atoms with van der Waals surface area (Å²) in [7, 11) is 1.44. The van der Waals surface area contributed by atoms with Crippen LogP contribution in [-0.4, -0.2) is 50.7 Å². The van der Waals surface area contributed by atoms with Gasteiger partial charge in [-0.1, -0.05) is 0 Å². The lowest BCUT2D eigenvalue weighted by atomic mass is 10.2. The summed E-state index contributed by atoms with van der Waals surface area (Å²) in [5.74, 6) is 1.54. The summed E-state index contributed by atoms with van der Waals surface area (Å²) in [4.78, 5) is 15.9. The molecular weight excluding hydrogens is 443 g/mol. The van der Waals surface area contributed by atoms with Crippen molar-refractivity contribution in [2.24, 2.45) is 0 Å². The van der Waals surface area contributed by atoms with E-state index >= 15 is 0 Å². The summed E-state index contributed by atoms with van der Waals surface area (Å²) < 4.78 is 11.8. The molecule has 0 bridgehead atoms. The molecule has 1 aliphatic rings. The van der Waals surface area contributed by atoms with Crippen LogP contribution >= 0.6 is 22.6 Å². The number of methoxy groups -OCH3 is 1. The van der Waals surface area contributed by atoms with Crippen molar-refractivity contribution in [2.45, 2.75) is 6.42 Å². The van der Waals surface area contributed by atoms with Gasteiger partial charge in [0.15, 0.2) is 0 Å². The summed E-state index contributed by atoms with van der Waals surface area (Å²) in [6.45, 7) is 4.59. The lowest BCUT2D eigenvalue weighted by Gasteiger charge is -2.36. The average molecular weight is 466 g/mol. The molecule has 0 radical (unpaired) electrons. The zero-order valence-electron chi connectivity index (χ0n) is 14.9. The van der Waals surface area contributed by atoms with Gasteiger partial charge in [-0.25, -0.2) is 0 Å². The van der Waals surface area contributed by atoms with Gasteiger partial charge in [0, 0.05) is 42.0 Å². The van der Waals surface area contributed by atoms with Gasteiger partial charge in [0.25, 0.3) is 0 Å². The number of halogens is 1. The van der Waals surface area contributed by atoms with Gasteiger partial charge < -0.3 is 14.4 Å². The van der Waals surface area contributed by atoms with Gasteiger partial charge in [-0.05, 0) is 71.1 Å². The van der Waals surface area contributed by atoms with Gasteiger partial charge in [-0.2, -0.15) is 0 Å². The van der Waals surface area contributed by atoms with E-state index in [1.165, 1.54) is 16.4 Å². The molecule has 26 heavy (non-hydrogen) atoms. The third kappa shape index (κ3) is 5.35. The molecule has 0 N–H and O–H groups in total. The molecule has 6 heteroatoms. The number of ether oxygens (including phenoxy) is 2. The maximum absolute atomic E-state index is 11.2. The Balaban J connectivity index is 1.50. The quantitative estimate of drug-likeness (QED) is 0.479. The highest BCUT2D eigenvalue weighted by Crippen LogP contribution is 2.25. The molecule has 3 rings (SSSR count). The Hall–Kier alpha value is -1.80. The van der Waals surface area contributed by atoms with Crippen molar-refractivity contribution in [3.63, 3.8) is 0 Å². The van der Waals surface area contributed by atoms with E-state index < -0.39 is 0 Å². The third-order valence-corrected chi connectivity index (χ3v) is 5.20. The standard InChI is InChI=1S/C20H23IN2O3/c1-25-20(24)10-11-22-12-14-23(15-13-22)17-4-8-19(9-5-17)26-18-6-2-16(21)3-7-18/h2-9H,10-15H2,1H3. The second-order valence-corrected chi connectivity index (χ2v) is 7.45. The molecule has 0 saturated carbocycles. The Morgan fingerprint density at radius 3 is 2.12 bits per heavy atom. The van der Waals surface area contributed by atoms with Crippen LogP contribution in [0.2, 0.25) is 0 Å². The first-order chi connectivity index (χ1) is 12.6. The molecule has 0 amide bonds. The van der Waals surface area contributed by atoms with Crippen molar-refractivity contribution in [3.05, 3.63) is 52.1 Å². The van der Waals surface area contributed by atoms with Crippen molar-refractivity contribution in [2.75, 3.05) is 44.7 Å². The van der Waals surface area contributed by atoms with E-state index in [1.807, 2.05) is 36.4 Å². The molecule has 1 saturated heterocycles. The van der Waals surface area contributed by atoms with Crippen LogP contribution in [0.4, 0.5) is 5.69 Å². The maximum Gasteiger partial charge on any atom is 0.306 e. The number of anilines is 1. The first-order valence-corrected chi connectivity index (χ1v) is 9.79. The van der Waals surface area contributed by atoms with Crippen LogP contribution in [0.5, 0.6) is 11.5 Å². The fraction of sp³-hybridized carbons (Fsp3) is 0.350. The van der Waals surface area contributed by atoms with Crippen LogP contribution in [0.1, 0.15) is 6.42 Å². The number of hydrogen-bond acceptors (Lipinski definition) is 5. The zero-order valence-corrected chi connectivity index (χ0v) is 17.0. The van der Waals surface area contributed by atoms with Crippen molar-refractivity contribution in [1.82, 2.24) is 4.90 Å². The summed E-state index contributed by atoms with van der Waals surface area (Å²) in [5.41, 5.74) is 1.20. The van der Waals surface area contributed by atoms with Crippen molar-refractivity contribution < 1.29 is 14.3 Å². The summed E-state index contributed by atoms with van der Waals surface area (Å²) in [6, 6.07) is 16.2. The lowest BCUT2D eigenvalue weighted by Crippen LogP contribution is -2.46. The first kappa shape index (κ1) is 19.0. The molecule has 1 aliphatic heterocycles. The first-order valence-electron chi connectivity index (χ1n) is 8.71. The van der Waals surface area contributed by atoms with Gasteiger partial charge in [-0.15, -0.1) is 0 Å². The van der Waals surface area contributed by atoms with E-state index in [0.29, 0.717) is 6.42 Å². The SMILES string of the molecule is COC(=O)CCN1CCN(c2ccc(Oc3ccc(I)cc3)cc2)CC1.